The van der Waals surface area contributed by atoms with Gasteiger partial charge in [-0.3, -0.25) is 9.59 Å². The molecule has 5 nitrogen and oxygen atoms in total. The lowest BCUT2D eigenvalue weighted by Gasteiger charge is -2.54. The minimum Gasteiger partial charge on any atom is -0.497 e. The summed E-state index contributed by atoms with van der Waals surface area (Å²) >= 11 is 0. The van der Waals surface area contributed by atoms with E-state index >= 15 is 0 Å². The number of hydrogen-bond acceptors (Lipinski definition) is 3. The van der Waals surface area contributed by atoms with Gasteiger partial charge in [0.05, 0.1) is 19.2 Å². The highest BCUT2D eigenvalue weighted by molar-refractivity contribution is 5.95. The Bertz CT molecular complexity index is 660. The van der Waals surface area contributed by atoms with E-state index in [2.05, 4.69) is 13.8 Å². The number of fused-ring (bicyclic) bond motifs is 1. The number of methoxy groups -OCH3 is 1. The Balaban J connectivity index is 1.66. The summed E-state index contributed by atoms with van der Waals surface area (Å²) in [5, 5.41) is 0. The van der Waals surface area contributed by atoms with E-state index in [9.17, 15) is 9.59 Å². The van der Waals surface area contributed by atoms with Crippen molar-refractivity contribution in [2.45, 2.75) is 58.0 Å². The van der Waals surface area contributed by atoms with Gasteiger partial charge in [-0.2, -0.15) is 0 Å². The third-order valence-corrected chi connectivity index (χ3v) is 5.79. The summed E-state index contributed by atoms with van der Waals surface area (Å²) in [7, 11) is 1.61. The van der Waals surface area contributed by atoms with E-state index in [-0.39, 0.29) is 23.9 Å². The number of piperazine rings is 1. The van der Waals surface area contributed by atoms with Crippen LogP contribution in [-0.2, 0) is 4.79 Å². The summed E-state index contributed by atoms with van der Waals surface area (Å²) in [5.41, 5.74) is 0.659. The lowest BCUT2D eigenvalue weighted by molar-refractivity contribution is -0.142. The van der Waals surface area contributed by atoms with Gasteiger partial charge in [0.1, 0.15) is 5.75 Å². The topological polar surface area (TPSA) is 49.9 Å². The molecule has 1 heterocycles. The molecule has 2 fully saturated rings. The van der Waals surface area contributed by atoms with Gasteiger partial charge < -0.3 is 14.5 Å². The van der Waals surface area contributed by atoms with E-state index in [1.165, 1.54) is 0 Å². The number of benzene rings is 1. The molecular weight excluding hydrogens is 328 g/mol. The van der Waals surface area contributed by atoms with Crippen LogP contribution in [0.3, 0.4) is 0 Å². The number of nitrogens with zero attached hydrogens (tertiary/aromatic N) is 2. The molecule has 26 heavy (non-hydrogen) atoms. The first-order valence-corrected chi connectivity index (χ1v) is 9.79. The molecule has 1 unspecified atom stereocenters. The number of amides is 2. The quantitative estimate of drug-likeness (QED) is 0.784. The average Bonchev–Trinajstić information content (AvgIpc) is 2.61. The van der Waals surface area contributed by atoms with Crippen LogP contribution in [0.4, 0.5) is 0 Å². The van der Waals surface area contributed by atoms with Crippen molar-refractivity contribution in [2.75, 3.05) is 20.2 Å². The van der Waals surface area contributed by atoms with Crippen molar-refractivity contribution in [1.82, 2.24) is 9.80 Å². The molecule has 3 rings (SSSR count). The zero-order chi connectivity index (χ0) is 18.7. The molecule has 0 radical (unpaired) electrons. The lowest BCUT2D eigenvalue weighted by Crippen LogP contribution is -2.67. The van der Waals surface area contributed by atoms with Crippen LogP contribution >= 0.6 is 0 Å². The van der Waals surface area contributed by atoms with Crippen molar-refractivity contribution >= 4 is 11.8 Å². The third-order valence-electron chi connectivity index (χ3n) is 5.79. The minimum atomic E-state index is 0.0463. The number of ether oxygens (including phenoxy) is 1. The zero-order valence-electron chi connectivity index (χ0n) is 16.1. The molecule has 0 aromatic heterocycles. The fourth-order valence-electron chi connectivity index (χ4n) is 4.23. The molecule has 5 heteroatoms. The second kappa shape index (κ2) is 8.11. The molecule has 3 atom stereocenters. The maximum absolute atomic E-state index is 13.0. The Morgan fingerprint density at radius 3 is 2.54 bits per heavy atom. The van der Waals surface area contributed by atoms with Gasteiger partial charge in [0.15, 0.2) is 0 Å². The molecule has 1 saturated heterocycles. The summed E-state index contributed by atoms with van der Waals surface area (Å²) in [6.45, 7) is 5.58. The molecule has 1 aliphatic heterocycles. The van der Waals surface area contributed by atoms with Gasteiger partial charge in [-0.05, 0) is 37.0 Å². The average molecular weight is 358 g/mol. The summed E-state index contributed by atoms with van der Waals surface area (Å²) < 4.78 is 5.24. The molecule has 142 valence electrons. The summed E-state index contributed by atoms with van der Waals surface area (Å²) in [4.78, 5) is 29.7. The van der Waals surface area contributed by atoms with Crippen LogP contribution in [0.25, 0.3) is 0 Å². The predicted octanol–water partition coefficient (Wildman–Crippen LogP) is 3.34. The molecule has 2 aliphatic rings. The van der Waals surface area contributed by atoms with Crippen molar-refractivity contribution in [3.63, 3.8) is 0 Å². The van der Waals surface area contributed by atoms with Crippen LogP contribution in [0.1, 0.15) is 56.3 Å². The minimum absolute atomic E-state index is 0.0463. The van der Waals surface area contributed by atoms with Gasteiger partial charge in [-0.1, -0.05) is 32.8 Å². The molecule has 2 amide bonds. The van der Waals surface area contributed by atoms with Crippen LogP contribution in [0, 0.1) is 5.92 Å². The molecule has 1 aromatic carbocycles. The maximum atomic E-state index is 13.0. The summed E-state index contributed by atoms with van der Waals surface area (Å²) in [6, 6.07) is 7.67. The van der Waals surface area contributed by atoms with Crippen LogP contribution in [0.2, 0.25) is 0 Å². The zero-order valence-corrected chi connectivity index (χ0v) is 16.1. The SMILES string of the molecule is CCCC(C)CC(=O)N1CCN(C(=O)c2cccc(OC)c2)[C@@H]2CC[C@H]21. The highest BCUT2D eigenvalue weighted by Gasteiger charge is 2.46. The van der Waals surface area contributed by atoms with Crippen molar-refractivity contribution in [2.24, 2.45) is 5.92 Å². The van der Waals surface area contributed by atoms with Crippen LogP contribution in [-0.4, -0.2) is 53.9 Å². The van der Waals surface area contributed by atoms with Crippen LogP contribution in [0.5, 0.6) is 5.75 Å². The number of carbonyl (C=O) groups excluding carboxylic acids is 2. The first-order chi connectivity index (χ1) is 12.5. The Morgan fingerprint density at radius 1 is 1.19 bits per heavy atom. The van der Waals surface area contributed by atoms with Gasteiger partial charge in [-0.15, -0.1) is 0 Å². The van der Waals surface area contributed by atoms with Crippen molar-refractivity contribution in [3.05, 3.63) is 29.8 Å². The largest absolute Gasteiger partial charge is 0.497 e. The molecule has 1 aromatic rings. The Labute approximate surface area is 156 Å². The molecular formula is C21H30N2O3. The summed E-state index contributed by atoms with van der Waals surface area (Å²) in [5.74, 6) is 1.43. The summed E-state index contributed by atoms with van der Waals surface area (Å²) in [6.07, 6.45) is 4.81. The molecule has 0 spiro atoms. The van der Waals surface area contributed by atoms with Gasteiger partial charge in [-0.25, -0.2) is 0 Å². The molecule has 1 aliphatic carbocycles. The van der Waals surface area contributed by atoms with Crippen LogP contribution in [0.15, 0.2) is 24.3 Å². The van der Waals surface area contributed by atoms with E-state index in [0.29, 0.717) is 36.7 Å². The second-order valence-corrected chi connectivity index (χ2v) is 7.63. The number of rotatable bonds is 6. The van der Waals surface area contributed by atoms with E-state index < -0.39 is 0 Å². The Hall–Kier alpha value is -2.04. The monoisotopic (exact) mass is 358 g/mol. The Kier molecular flexibility index (Phi) is 5.84. The Morgan fingerprint density at radius 2 is 1.88 bits per heavy atom. The highest BCUT2D eigenvalue weighted by Crippen LogP contribution is 2.35. The maximum Gasteiger partial charge on any atom is 0.254 e. The normalized spacial score (nSPS) is 23.0. The van der Waals surface area contributed by atoms with E-state index in [4.69, 9.17) is 4.74 Å². The van der Waals surface area contributed by atoms with Crippen LogP contribution < -0.4 is 4.74 Å². The van der Waals surface area contributed by atoms with E-state index in [0.717, 1.165) is 25.7 Å². The third kappa shape index (κ3) is 3.71. The first kappa shape index (κ1) is 18.7. The van der Waals surface area contributed by atoms with E-state index in [1.807, 2.05) is 28.0 Å². The van der Waals surface area contributed by atoms with Crippen molar-refractivity contribution in [3.8, 4) is 5.75 Å². The molecule has 1 saturated carbocycles. The van der Waals surface area contributed by atoms with E-state index in [1.54, 1.807) is 13.2 Å². The first-order valence-electron chi connectivity index (χ1n) is 9.79. The second-order valence-electron chi connectivity index (χ2n) is 7.63. The van der Waals surface area contributed by atoms with Gasteiger partial charge in [0.25, 0.3) is 5.91 Å². The van der Waals surface area contributed by atoms with Crippen molar-refractivity contribution in [1.29, 1.82) is 0 Å². The van der Waals surface area contributed by atoms with Gasteiger partial charge in [0, 0.05) is 25.1 Å². The number of carbonyl (C=O) groups is 2. The van der Waals surface area contributed by atoms with Gasteiger partial charge >= 0.3 is 0 Å². The van der Waals surface area contributed by atoms with Gasteiger partial charge in [0.2, 0.25) is 5.91 Å². The highest BCUT2D eigenvalue weighted by atomic mass is 16.5. The molecule has 0 bridgehead atoms. The molecule has 0 N–H and O–H groups in total. The van der Waals surface area contributed by atoms with Crippen molar-refractivity contribution < 1.29 is 14.3 Å². The predicted molar refractivity (Wildman–Crippen MR) is 101 cm³/mol. The fraction of sp³-hybridized carbons (Fsp3) is 0.619. The smallest absolute Gasteiger partial charge is 0.254 e. The number of hydrogen-bond donors (Lipinski definition) is 0. The lowest BCUT2D eigenvalue weighted by atomic mass is 9.81. The fourth-order valence-corrected chi connectivity index (χ4v) is 4.23. The standard InChI is InChI=1S/C21H30N2O3/c1-4-6-15(2)13-20(24)22-11-12-23(19-10-9-18(19)22)21(25)16-7-5-8-17(14-16)26-3/h5,7-8,14-15,18-19H,4,6,9-13H2,1-3H3/t15?,18-,19-/m1/s1.